The Morgan fingerprint density at radius 2 is 1.97 bits per heavy atom. The summed E-state index contributed by atoms with van der Waals surface area (Å²) >= 11 is 0. The van der Waals surface area contributed by atoms with Crippen LogP contribution in [0, 0.1) is 46.3 Å². The number of ether oxygens (including phenoxy) is 1. The largest absolute Gasteiger partial charge is 0.469 e. The maximum absolute atomic E-state index is 12.1. The number of fused-ring (bicyclic) bond motifs is 5. The normalized spacial score (nSPS) is 47.7. The van der Waals surface area contributed by atoms with Gasteiger partial charge in [-0.25, -0.2) is 0 Å². The smallest absolute Gasteiger partial charge is 0.305 e. The highest BCUT2D eigenvalue weighted by molar-refractivity contribution is 5.79. The second-order valence-corrected chi connectivity index (χ2v) is 11.3. The summed E-state index contributed by atoms with van der Waals surface area (Å²) in [6.45, 7) is 7.05. The molecule has 0 aliphatic heterocycles. The molecule has 0 aromatic rings. The van der Waals surface area contributed by atoms with Crippen LogP contribution in [0.1, 0.15) is 85.0 Å². The lowest BCUT2D eigenvalue weighted by molar-refractivity contribution is -0.171. The summed E-state index contributed by atoms with van der Waals surface area (Å²) in [6, 6.07) is 0. The summed E-state index contributed by atoms with van der Waals surface area (Å²) < 4.78 is 4.84. The van der Waals surface area contributed by atoms with Crippen LogP contribution < -0.4 is 0 Å². The number of hydrogen-bond donors (Lipinski definition) is 1. The molecule has 0 saturated heterocycles. The highest BCUT2D eigenvalue weighted by Gasteiger charge is 2.63. The number of ketones is 1. The van der Waals surface area contributed by atoms with Crippen LogP contribution in [0.15, 0.2) is 0 Å². The Hall–Kier alpha value is -0.900. The fourth-order valence-corrected chi connectivity index (χ4v) is 8.62. The second-order valence-electron chi connectivity index (χ2n) is 11.3. The van der Waals surface area contributed by atoms with Gasteiger partial charge in [0, 0.05) is 19.3 Å². The number of Topliss-reactive ketones (excluding diaryl/α,β-unsaturated/α-hetero) is 1. The van der Waals surface area contributed by atoms with Crippen molar-refractivity contribution in [1.82, 2.24) is 0 Å². The number of carbonyl (C=O) groups is 2. The van der Waals surface area contributed by atoms with Gasteiger partial charge in [0.2, 0.25) is 0 Å². The molecule has 164 valence electrons. The summed E-state index contributed by atoms with van der Waals surface area (Å²) in [5, 5.41) is 11.5. The van der Waals surface area contributed by atoms with Crippen molar-refractivity contribution in [3.63, 3.8) is 0 Å². The molecule has 4 heteroatoms. The Bertz CT molecular complexity index is 659. The van der Waals surface area contributed by atoms with Gasteiger partial charge in [-0.2, -0.15) is 0 Å². The zero-order valence-electron chi connectivity index (χ0n) is 18.8. The van der Waals surface area contributed by atoms with E-state index in [2.05, 4.69) is 20.8 Å². The summed E-state index contributed by atoms with van der Waals surface area (Å²) in [4.78, 5) is 23.7. The van der Waals surface area contributed by atoms with E-state index in [9.17, 15) is 14.7 Å². The standard InChI is InChI=1S/C25H40O4/c1-15(5-10-23(28)29-4)19-8-9-20-18-7-6-16-13-17(26)11-12-24(16,2)21(18)14-22(27)25(19,20)3/h15-16,18-22,27H,5-14H2,1-4H3. The number of esters is 1. The van der Waals surface area contributed by atoms with E-state index in [-0.39, 0.29) is 22.9 Å². The molecule has 4 fully saturated rings. The Balaban J connectivity index is 1.54. The molecule has 0 heterocycles. The Morgan fingerprint density at radius 1 is 1.21 bits per heavy atom. The van der Waals surface area contributed by atoms with Crippen molar-refractivity contribution < 1.29 is 19.4 Å². The fourth-order valence-electron chi connectivity index (χ4n) is 8.62. The SMILES string of the molecule is COC(=O)CCC(C)C1CCC2C3CCC4CC(=O)CCC4(C)C3CC(O)C12C. The predicted molar refractivity (Wildman–Crippen MR) is 112 cm³/mol. The molecule has 0 bridgehead atoms. The third-order valence-corrected chi connectivity index (χ3v) is 10.4. The fraction of sp³-hybridized carbons (Fsp3) is 0.920. The first-order chi connectivity index (χ1) is 13.7. The van der Waals surface area contributed by atoms with Gasteiger partial charge >= 0.3 is 5.97 Å². The van der Waals surface area contributed by atoms with E-state index in [1.807, 2.05) is 0 Å². The monoisotopic (exact) mass is 404 g/mol. The zero-order valence-corrected chi connectivity index (χ0v) is 18.8. The van der Waals surface area contributed by atoms with E-state index in [0.717, 1.165) is 32.1 Å². The average molecular weight is 405 g/mol. The van der Waals surface area contributed by atoms with E-state index >= 15 is 0 Å². The Kier molecular flexibility index (Phi) is 5.63. The van der Waals surface area contributed by atoms with Crippen LogP contribution in [-0.4, -0.2) is 30.1 Å². The quantitative estimate of drug-likeness (QED) is 0.685. The van der Waals surface area contributed by atoms with E-state index in [4.69, 9.17) is 4.74 Å². The summed E-state index contributed by atoms with van der Waals surface area (Å²) in [5.74, 6) is 3.59. The van der Waals surface area contributed by atoms with Crippen molar-refractivity contribution >= 4 is 11.8 Å². The molecule has 29 heavy (non-hydrogen) atoms. The van der Waals surface area contributed by atoms with E-state index in [1.54, 1.807) is 0 Å². The predicted octanol–water partition coefficient (Wildman–Crippen LogP) is 4.77. The van der Waals surface area contributed by atoms with Gasteiger partial charge < -0.3 is 9.84 Å². The molecule has 0 radical (unpaired) electrons. The molecule has 9 atom stereocenters. The molecule has 4 aliphatic rings. The van der Waals surface area contributed by atoms with E-state index < -0.39 is 0 Å². The zero-order chi connectivity index (χ0) is 21.0. The molecule has 4 aliphatic carbocycles. The minimum Gasteiger partial charge on any atom is -0.469 e. The van der Waals surface area contributed by atoms with E-state index in [0.29, 0.717) is 47.7 Å². The number of rotatable bonds is 4. The lowest BCUT2D eigenvalue weighted by Gasteiger charge is -2.62. The van der Waals surface area contributed by atoms with E-state index in [1.165, 1.54) is 32.8 Å². The number of aliphatic hydroxyl groups excluding tert-OH is 1. The van der Waals surface area contributed by atoms with Gasteiger partial charge in [0.15, 0.2) is 0 Å². The van der Waals surface area contributed by atoms with Crippen LogP contribution in [0.2, 0.25) is 0 Å². The van der Waals surface area contributed by atoms with Gasteiger partial charge in [0.1, 0.15) is 5.78 Å². The second kappa shape index (κ2) is 7.66. The third-order valence-electron chi connectivity index (χ3n) is 10.4. The lowest BCUT2D eigenvalue weighted by Crippen LogP contribution is -2.58. The van der Waals surface area contributed by atoms with Crippen LogP contribution in [-0.2, 0) is 14.3 Å². The van der Waals surface area contributed by atoms with Gasteiger partial charge in [0.05, 0.1) is 13.2 Å². The van der Waals surface area contributed by atoms with Crippen LogP contribution in [0.5, 0.6) is 0 Å². The summed E-state index contributed by atoms with van der Waals surface area (Å²) in [7, 11) is 1.46. The van der Waals surface area contributed by atoms with Crippen molar-refractivity contribution in [3.05, 3.63) is 0 Å². The molecule has 4 saturated carbocycles. The average Bonchev–Trinajstić information content (AvgIpc) is 3.06. The third kappa shape index (κ3) is 3.28. The molecule has 0 amide bonds. The van der Waals surface area contributed by atoms with Crippen molar-refractivity contribution in [1.29, 1.82) is 0 Å². The molecular weight excluding hydrogens is 364 g/mol. The Labute approximate surface area is 176 Å². The molecule has 1 N–H and O–H groups in total. The van der Waals surface area contributed by atoms with Gasteiger partial charge in [0.25, 0.3) is 0 Å². The number of methoxy groups -OCH3 is 1. The van der Waals surface area contributed by atoms with Crippen molar-refractivity contribution in [2.45, 2.75) is 91.1 Å². The molecule has 0 aromatic heterocycles. The maximum atomic E-state index is 12.1. The van der Waals surface area contributed by atoms with Crippen molar-refractivity contribution in [3.8, 4) is 0 Å². The molecule has 4 nitrogen and oxygen atoms in total. The van der Waals surface area contributed by atoms with Gasteiger partial charge in [-0.3, -0.25) is 9.59 Å². The summed E-state index contributed by atoms with van der Waals surface area (Å²) in [6.07, 6.45) is 9.29. The number of carbonyl (C=O) groups excluding carboxylic acids is 2. The van der Waals surface area contributed by atoms with Gasteiger partial charge in [-0.15, -0.1) is 0 Å². The lowest BCUT2D eigenvalue weighted by atomic mass is 9.44. The van der Waals surface area contributed by atoms with Crippen LogP contribution >= 0.6 is 0 Å². The molecule has 0 aromatic carbocycles. The van der Waals surface area contributed by atoms with Crippen molar-refractivity contribution in [2.24, 2.45) is 46.3 Å². The summed E-state index contributed by atoms with van der Waals surface area (Å²) in [5.41, 5.74) is 0.193. The van der Waals surface area contributed by atoms with Crippen LogP contribution in [0.25, 0.3) is 0 Å². The first kappa shape index (κ1) is 21.3. The molecule has 4 rings (SSSR count). The highest BCUT2D eigenvalue weighted by Crippen LogP contribution is 2.68. The topological polar surface area (TPSA) is 63.6 Å². The van der Waals surface area contributed by atoms with Gasteiger partial charge in [-0.1, -0.05) is 20.8 Å². The maximum Gasteiger partial charge on any atom is 0.305 e. The van der Waals surface area contributed by atoms with Gasteiger partial charge in [-0.05, 0) is 91.3 Å². The molecule has 9 unspecified atom stereocenters. The number of aliphatic hydroxyl groups is 1. The van der Waals surface area contributed by atoms with Crippen LogP contribution in [0.3, 0.4) is 0 Å². The van der Waals surface area contributed by atoms with Crippen molar-refractivity contribution in [2.75, 3.05) is 7.11 Å². The number of hydrogen-bond acceptors (Lipinski definition) is 4. The minimum absolute atomic E-state index is 0.0373. The molecular formula is C25H40O4. The first-order valence-corrected chi connectivity index (χ1v) is 12.0. The highest BCUT2D eigenvalue weighted by atomic mass is 16.5. The first-order valence-electron chi connectivity index (χ1n) is 12.0. The molecule has 0 spiro atoms. The van der Waals surface area contributed by atoms with Crippen LogP contribution in [0.4, 0.5) is 0 Å². The minimum atomic E-state index is -0.268. The Morgan fingerprint density at radius 3 is 2.69 bits per heavy atom.